The minimum atomic E-state index is -1.19. The minimum absolute atomic E-state index is 0.0825. The summed E-state index contributed by atoms with van der Waals surface area (Å²) in [6.07, 6.45) is 1.98. The quantitative estimate of drug-likeness (QED) is 0.495. The van der Waals surface area contributed by atoms with Crippen LogP contribution >= 0.6 is 0 Å². The Balaban J connectivity index is 2.42. The SMILES string of the molecule is CCNCCCNC(=O)c1nc[nH]c1C(=O)O. The van der Waals surface area contributed by atoms with Crippen molar-refractivity contribution in [1.29, 1.82) is 0 Å². The second-order valence-corrected chi connectivity index (χ2v) is 3.39. The van der Waals surface area contributed by atoms with Crippen LogP contribution in [-0.2, 0) is 0 Å². The highest BCUT2D eigenvalue weighted by molar-refractivity contribution is 6.02. The first-order chi connectivity index (χ1) is 8.16. The predicted octanol–water partition coefficient (Wildman–Crippen LogP) is -0.163. The maximum Gasteiger partial charge on any atom is 0.354 e. The molecule has 94 valence electrons. The normalized spacial score (nSPS) is 10.2. The van der Waals surface area contributed by atoms with Crippen LogP contribution in [-0.4, -0.2) is 46.6 Å². The van der Waals surface area contributed by atoms with Crippen molar-refractivity contribution in [2.45, 2.75) is 13.3 Å². The van der Waals surface area contributed by atoms with Crippen LogP contribution in [0.15, 0.2) is 6.33 Å². The van der Waals surface area contributed by atoms with Gasteiger partial charge in [0.15, 0.2) is 11.4 Å². The first-order valence-electron chi connectivity index (χ1n) is 5.42. The van der Waals surface area contributed by atoms with Crippen molar-refractivity contribution >= 4 is 11.9 Å². The van der Waals surface area contributed by atoms with E-state index < -0.39 is 11.9 Å². The van der Waals surface area contributed by atoms with E-state index in [0.29, 0.717) is 6.54 Å². The van der Waals surface area contributed by atoms with Gasteiger partial charge in [-0.05, 0) is 19.5 Å². The molecule has 0 unspecified atom stereocenters. The second-order valence-electron chi connectivity index (χ2n) is 3.39. The van der Waals surface area contributed by atoms with Crippen LogP contribution in [0, 0.1) is 0 Å². The van der Waals surface area contributed by atoms with Gasteiger partial charge in [0.25, 0.3) is 5.91 Å². The van der Waals surface area contributed by atoms with Gasteiger partial charge in [0, 0.05) is 6.54 Å². The molecule has 0 atom stereocenters. The van der Waals surface area contributed by atoms with Crippen LogP contribution < -0.4 is 10.6 Å². The van der Waals surface area contributed by atoms with Crippen molar-refractivity contribution in [2.75, 3.05) is 19.6 Å². The molecule has 0 radical (unpaired) electrons. The van der Waals surface area contributed by atoms with Crippen molar-refractivity contribution < 1.29 is 14.7 Å². The summed E-state index contributed by atoms with van der Waals surface area (Å²) < 4.78 is 0. The maximum atomic E-state index is 11.6. The van der Waals surface area contributed by atoms with Gasteiger partial charge in [-0.25, -0.2) is 9.78 Å². The number of rotatable bonds is 7. The number of carbonyl (C=O) groups is 2. The van der Waals surface area contributed by atoms with Crippen LogP contribution in [0.1, 0.15) is 34.3 Å². The number of carboxylic acids is 1. The summed E-state index contributed by atoms with van der Waals surface area (Å²) in [5.74, 6) is -1.67. The van der Waals surface area contributed by atoms with E-state index in [1.807, 2.05) is 6.92 Å². The first-order valence-corrected chi connectivity index (χ1v) is 5.42. The molecule has 1 heterocycles. The molecular weight excluding hydrogens is 224 g/mol. The largest absolute Gasteiger partial charge is 0.477 e. The summed E-state index contributed by atoms with van der Waals surface area (Å²) in [6.45, 7) is 4.18. The molecule has 7 heteroatoms. The van der Waals surface area contributed by atoms with Gasteiger partial charge in [-0.15, -0.1) is 0 Å². The topological polar surface area (TPSA) is 107 Å². The van der Waals surface area contributed by atoms with E-state index in [1.54, 1.807) is 0 Å². The zero-order chi connectivity index (χ0) is 12.7. The smallest absolute Gasteiger partial charge is 0.354 e. The zero-order valence-electron chi connectivity index (χ0n) is 9.62. The number of carbonyl (C=O) groups excluding carboxylic acids is 1. The Bertz CT molecular complexity index is 389. The van der Waals surface area contributed by atoms with E-state index in [4.69, 9.17) is 5.11 Å². The summed E-state index contributed by atoms with van der Waals surface area (Å²) >= 11 is 0. The highest BCUT2D eigenvalue weighted by atomic mass is 16.4. The minimum Gasteiger partial charge on any atom is -0.477 e. The zero-order valence-corrected chi connectivity index (χ0v) is 9.62. The number of nitrogens with one attached hydrogen (secondary N) is 3. The standard InChI is InChI=1S/C10H16N4O3/c1-2-11-4-3-5-12-9(15)7-8(10(16)17)14-6-13-7/h6,11H,2-5H2,1H3,(H,12,15)(H,13,14)(H,16,17). The number of aromatic carboxylic acids is 1. The van der Waals surface area contributed by atoms with Gasteiger partial charge >= 0.3 is 5.97 Å². The van der Waals surface area contributed by atoms with Gasteiger partial charge in [0.05, 0.1) is 6.33 Å². The molecule has 0 aliphatic carbocycles. The number of imidazole rings is 1. The summed E-state index contributed by atoms with van der Waals surface area (Å²) in [7, 11) is 0. The lowest BCUT2D eigenvalue weighted by Crippen LogP contribution is -2.28. The fourth-order valence-corrected chi connectivity index (χ4v) is 1.31. The summed E-state index contributed by atoms with van der Waals surface area (Å²) in [5.41, 5.74) is -0.268. The molecule has 0 bridgehead atoms. The van der Waals surface area contributed by atoms with Crippen LogP contribution in [0.5, 0.6) is 0 Å². The maximum absolute atomic E-state index is 11.6. The molecule has 0 spiro atoms. The van der Waals surface area contributed by atoms with E-state index in [-0.39, 0.29) is 11.4 Å². The van der Waals surface area contributed by atoms with Crippen LogP contribution in [0.25, 0.3) is 0 Å². The van der Waals surface area contributed by atoms with E-state index in [1.165, 1.54) is 6.33 Å². The molecule has 0 saturated carbocycles. The Morgan fingerprint density at radius 3 is 2.88 bits per heavy atom. The summed E-state index contributed by atoms with van der Waals surface area (Å²) in [5, 5.41) is 14.5. The monoisotopic (exact) mass is 240 g/mol. The summed E-state index contributed by atoms with van der Waals surface area (Å²) in [6, 6.07) is 0. The molecule has 0 aliphatic rings. The number of H-pyrrole nitrogens is 1. The number of nitrogens with zero attached hydrogens (tertiary/aromatic N) is 1. The average molecular weight is 240 g/mol. The molecule has 0 aromatic carbocycles. The first kappa shape index (κ1) is 13.2. The van der Waals surface area contributed by atoms with Crippen molar-refractivity contribution in [3.8, 4) is 0 Å². The lowest BCUT2D eigenvalue weighted by molar-refractivity contribution is 0.0685. The number of carboxylic acid groups (broad SMARTS) is 1. The highest BCUT2D eigenvalue weighted by Gasteiger charge is 2.18. The Morgan fingerprint density at radius 1 is 1.47 bits per heavy atom. The molecule has 1 rings (SSSR count). The third kappa shape index (κ3) is 3.87. The molecule has 1 amide bonds. The van der Waals surface area contributed by atoms with E-state index >= 15 is 0 Å². The van der Waals surface area contributed by atoms with Crippen LogP contribution in [0.4, 0.5) is 0 Å². The molecule has 7 nitrogen and oxygen atoms in total. The molecule has 17 heavy (non-hydrogen) atoms. The third-order valence-corrected chi connectivity index (χ3v) is 2.13. The Hall–Kier alpha value is -1.89. The molecule has 0 fully saturated rings. The number of aromatic amines is 1. The van der Waals surface area contributed by atoms with Crippen molar-refractivity contribution in [3.05, 3.63) is 17.7 Å². The molecule has 0 aliphatic heterocycles. The lowest BCUT2D eigenvalue weighted by atomic mass is 10.3. The van der Waals surface area contributed by atoms with Gasteiger partial charge in [0.2, 0.25) is 0 Å². The van der Waals surface area contributed by atoms with Crippen LogP contribution in [0.3, 0.4) is 0 Å². The van der Waals surface area contributed by atoms with Crippen molar-refractivity contribution in [2.24, 2.45) is 0 Å². The Labute approximate surface area is 98.6 Å². The number of amides is 1. The highest BCUT2D eigenvalue weighted by Crippen LogP contribution is 2.02. The van der Waals surface area contributed by atoms with Crippen molar-refractivity contribution in [1.82, 2.24) is 20.6 Å². The van der Waals surface area contributed by atoms with Gasteiger partial charge in [-0.3, -0.25) is 4.79 Å². The number of hydrogen-bond acceptors (Lipinski definition) is 4. The van der Waals surface area contributed by atoms with Crippen LogP contribution in [0.2, 0.25) is 0 Å². The third-order valence-electron chi connectivity index (χ3n) is 2.13. The van der Waals surface area contributed by atoms with Gasteiger partial charge in [0.1, 0.15) is 0 Å². The van der Waals surface area contributed by atoms with E-state index in [0.717, 1.165) is 19.5 Å². The molecule has 1 aromatic heterocycles. The fraction of sp³-hybridized carbons (Fsp3) is 0.500. The van der Waals surface area contributed by atoms with Gasteiger partial charge < -0.3 is 20.7 Å². The molecule has 4 N–H and O–H groups in total. The number of hydrogen-bond donors (Lipinski definition) is 4. The molecule has 0 saturated heterocycles. The van der Waals surface area contributed by atoms with E-state index in [2.05, 4.69) is 20.6 Å². The van der Waals surface area contributed by atoms with Crippen molar-refractivity contribution in [3.63, 3.8) is 0 Å². The van der Waals surface area contributed by atoms with E-state index in [9.17, 15) is 9.59 Å². The van der Waals surface area contributed by atoms with Gasteiger partial charge in [-0.1, -0.05) is 6.92 Å². The predicted molar refractivity (Wildman–Crippen MR) is 61.0 cm³/mol. The second kappa shape index (κ2) is 6.64. The molecular formula is C10H16N4O3. The Kier molecular flexibility index (Phi) is 5.15. The molecule has 1 aromatic rings. The summed E-state index contributed by atoms with van der Waals surface area (Å²) in [4.78, 5) is 28.4. The number of aromatic nitrogens is 2. The Morgan fingerprint density at radius 2 is 2.24 bits per heavy atom. The lowest BCUT2D eigenvalue weighted by Gasteiger charge is -2.04. The fourth-order valence-electron chi connectivity index (χ4n) is 1.31. The van der Waals surface area contributed by atoms with Gasteiger partial charge in [-0.2, -0.15) is 0 Å². The average Bonchev–Trinajstić information content (AvgIpc) is 2.77.